The molecule has 1 aromatic carbocycles. The monoisotopic (exact) mass is 366 g/mol. The molecule has 0 saturated carbocycles. The first-order chi connectivity index (χ1) is 11.7. The lowest BCUT2D eigenvalue weighted by Crippen LogP contribution is -2.41. The van der Waals surface area contributed by atoms with Crippen molar-refractivity contribution in [2.75, 3.05) is 44.7 Å². The van der Waals surface area contributed by atoms with Gasteiger partial charge in [0.15, 0.2) is 5.13 Å². The zero-order valence-electron chi connectivity index (χ0n) is 13.1. The number of carbonyl (C=O) groups excluding carboxylic acids is 1. The summed E-state index contributed by atoms with van der Waals surface area (Å²) in [6.07, 6.45) is 0. The van der Waals surface area contributed by atoms with Gasteiger partial charge >= 0.3 is 0 Å². The molecule has 2 N–H and O–H groups in total. The lowest BCUT2D eigenvalue weighted by molar-refractivity contribution is 0.0383. The van der Waals surface area contributed by atoms with E-state index in [0.29, 0.717) is 22.4 Å². The lowest BCUT2D eigenvalue weighted by atomic mass is 10.3. The molecular weight excluding hydrogens is 348 g/mol. The summed E-state index contributed by atoms with van der Waals surface area (Å²) in [6, 6.07) is 7.42. The van der Waals surface area contributed by atoms with Crippen molar-refractivity contribution in [2.45, 2.75) is 0 Å². The van der Waals surface area contributed by atoms with Crippen LogP contribution in [-0.2, 0) is 4.74 Å². The van der Waals surface area contributed by atoms with Crippen LogP contribution in [0.15, 0.2) is 29.6 Å². The average Bonchev–Trinajstić information content (AvgIpc) is 3.07. The van der Waals surface area contributed by atoms with Crippen LogP contribution >= 0.6 is 22.9 Å². The molecule has 1 aromatic heterocycles. The van der Waals surface area contributed by atoms with E-state index in [1.807, 2.05) is 18.2 Å². The van der Waals surface area contributed by atoms with E-state index in [9.17, 15) is 4.79 Å². The van der Waals surface area contributed by atoms with Gasteiger partial charge < -0.3 is 15.4 Å². The highest BCUT2D eigenvalue weighted by atomic mass is 35.5. The molecule has 3 rings (SSSR count). The van der Waals surface area contributed by atoms with Gasteiger partial charge in [0, 0.05) is 31.6 Å². The molecule has 1 amide bonds. The third-order valence-corrected chi connectivity index (χ3v) is 4.76. The van der Waals surface area contributed by atoms with Crippen molar-refractivity contribution < 1.29 is 9.53 Å². The number of benzene rings is 1. The summed E-state index contributed by atoms with van der Waals surface area (Å²) in [5, 5.41) is 9.03. The van der Waals surface area contributed by atoms with Crippen molar-refractivity contribution >= 4 is 39.7 Å². The Balaban J connectivity index is 1.49. The number of carbonyl (C=O) groups is 1. The molecule has 2 aromatic rings. The Morgan fingerprint density at radius 1 is 1.33 bits per heavy atom. The van der Waals surface area contributed by atoms with E-state index < -0.39 is 0 Å². The Hall–Kier alpha value is -1.67. The Kier molecular flexibility index (Phi) is 6.03. The minimum Gasteiger partial charge on any atom is -0.379 e. The van der Waals surface area contributed by atoms with Gasteiger partial charge in [-0.05, 0) is 12.1 Å². The zero-order chi connectivity index (χ0) is 16.8. The molecule has 2 heterocycles. The predicted octanol–water partition coefficient (Wildman–Crippen LogP) is 2.60. The van der Waals surface area contributed by atoms with Crippen LogP contribution in [0.3, 0.4) is 0 Å². The SMILES string of the molecule is O=C(NCCN1CCOCC1)c1csc(Nc2ccccc2Cl)n1. The smallest absolute Gasteiger partial charge is 0.270 e. The van der Waals surface area contributed by atoms with Gasteiger partial charge in [0.05, 0.1) is 23.9 Å². The molecule has 1 aliphatic rings. The number of anilines is 2. The van der Waals surface area contributed by atoms with E-state index in [4.69, 9.17) is 16.3 Å². The minimum atomic E-state index is -0.160. The van der Waals surface area contributed by atoms with Crippen LogP contribution in [0.2, 0.25) is 5.02 Å². The fourth-order valence-corrected chi connectivity index (χ4v) is 3.24. The summed E-state index contributed by atoms with van der Waals surface area (Å²) in [4.78, 5) is 18.7. The van der Waals surface area contributed by atoms with Crippen LogP contribution in [0.25, 0.3) is 0 Å². The number of nitrogens with zero attached hydrogens (tertiary/aromatic N) is 2. The number of rotatable bonds is 6. The van der Waals surface area contributed by atoms with Crippen molar-refractivity contribution in [1.29, 1.82) is 0 Å². The number of halogens is 1. The van der Waals surface area contributed by atoms with E-state index >= 15 is 0 Å². The highest BCUT2D eigenvalue weighted by molar-refractivity contribution is 7.14. The summed E-state index contributed by atoms with van der Waals surface area (Å²) in [7, 11) is 0. The number of hydrogen-bond donors (Lipinski definition) is 2. The van der Waals surface area contributed by atoms with Crippen molar-refractivity contribution in [2.24, 2.45) is 0 Å². The molecule has 24 heavy (non-hydrogen) atoms. The van der Waals surface area contributed by atoms with Crippen molar-refractivity contribution in [3.63, 3.8) is 0 Å². The Bertz CT molecular complexity index is 688. The number of aromatic nitrogens is 1. The molecule has 0 radical (unpaired) electrons. The number of ether oxygens (including phenoxy) is 1. The summed E-state index contributed by atoms with van der Waals surface area (Å²) < 4.78 is 5.30. The number of morpholine rings is 1. The number of nitrogens with one attached hydrogen (secondary N) is 2. The molecule has 6 nitrogen and oxygen atoms in total. The van der Waals surface area contributed by atoms with Gasteiger partial charge in [-0.15, -0.1) is 11.3 Å². The third kappa shape index (κ3) is 4.67. The third-order valence-electron chi connectivity index (χ3n) is 3.67. The van der Waals surface area contributed by atoms with Gasteiger partial charge in [-0.25, -0.2) is 4.98 Å². The summed E-state index contributed by atoms with van der Waals surface area (Å²) in [5.41, 5.74) is 1.18. The molecule has 0 bridgehead atoms. The average molecular weight is 367 g/mol. The molecule has 0 spiro atoms. The maximum Gasteiger partial charge on any atom is 0.270 e. The maximum atomic E-state index is 12.2. The molecule has 0 aliphatic carbocycles. The van der Waals surface area contributed by atoms with E-state index in [2.05, 4.69) is 20.5 Å². The van der Waals surface area contributed by atoms with Gasteiger partial charge in [-0.3, -0.25) is 9.69 Å². The summed E-state index contributed by atoms with van der Waals surface area (Å²) in [6.45, 7) is 4.78. The van der Waals surface area contributed by atoms with Crippen molar-refractivity contribution in [1.82, 2.24) is 15.2 Å². The van der Waals surface area contributed by atoms with Crippen LogP contribution in [0.1, 0.15) is 10.5 Å². The predicted molar refractivity (Wildman–Crippen MR) is 96.4 cm³/mol. The van der Waals surface area contributed by atoms with Gasteiger partial charge in [-0.2, -0.15) is 0 Å². The number of thiazole rings is 1. The number of amides is 1. The molecule has 8 heteroatoms. The lowest BCUT2D eigenvalue weighted by Gasteiger charge is -2.26. The van der Waals surface area contributed by atoms with Crippen LogP contribution < -0.4 is 10.6 Å². The van der Waals surface area contributed by atoms with E-state index in [1.54, 1.807) is 11.4 Å². The molecule has 1 aliphatic heterocycles. The molecule has 0 unspecified atom stereocenters. The Morgan fingerprint density at radius 3 is 2.92 bits per heavy atom. The first-order valence-electron chi connectivity index (χ1n) is 7.78. The molecule has 128 valence electrons. The second kappa shape index (κ2) is 8.43. The summed E-state index contributed by atoms with van der Waals surface area (Å²) >= 11 is 7.48. The minimum absolute atomic E-state index is 0.160. The highest BCUT2D eigenvalue weighted by Crippen LogP contribution is 2.26. The fraction of sp³-hybridized carbons (Fsp3) is 0.375. The summed E-state index contributed by atoms with van der Waals surface area (Å²) in [5.74, 6) is -0.160. The largest absolute Gasteiger partial charge is 0.379 e. The molecule has 1 fully saturated rings. The normalized spacial score (nSPS) is 15.2. The Labute approximate surface area is 149 Å². The Morgan fingerprint density at radius 2 is 2.12 bits per heavy atom. The van der Waals surface area contributed by atoms with Crippen LogP contribution in [-0.4, -0.2) is 55.2 Å². The molecule has 1 saturated heterocycles. The second-order valence-corrected chi connectivity index (χ2v) is 6.62. The fourth-order valence-electron chi connectivity index (χ4n) is 2.36. The zero-order valence-corrected chi connectivity index (χ0v) is 14.7. The highest BCUT2D eigenvalue weighted by Gasteiger charge is 2.13. The molecular formula is C16H19ClN4O2S. The maximum absolute atomic E-state index is 12.2. The van der Waals surface area contributed by atoms with Gasteiger partial charge in [0.2, 0.25) is 0 Å². The van der Waals surface area contributed by atoms with E-state index in [-0.39, 0.29) is 5.91 Å². The van der Waals surface area contributed by atoms with Crippen LogP contribution in [0.5, 0.6) is 0 Å². The number of para-hydroxylation sites is 1. The van der Waals surface area contributed by atoms with E-state index in [0.717, 1.165) is 38.5 Å². The standard InChI is InChI=1S/C16H19ClN4O2S/c17-12-3-1-2-4-13(12)19-16-20-14(11-24-16)15(22)18-5-6-21-7-9-23-10-8-21/h1-4,11H,5-10H2,(H,18,22)(H,19,20). The molecule has 0 atom stereocenters. The number of hydrogen-bond acceptors (Lipinski definition) is 6. The van der Waals surface area contributed by atoms with Crippen molar-refractivity contribution in [3.05, 3.63) is 40.4 Å². The topological polar surface area (TPSA) is 66.5 Å². The van der Waals surface area contributed by atoms with Crippen LogP contribution in [0, 0.1) is 0 Å². The van der Waals surface area contributed by atoms with Gasteiger partial charge in [-0.1, -0.05) is 23.7 Å². The second-order valence-electron chi connectivity index (χ2n) is 5.35. The van der Waals surface area contributed by atoms with Crippen LogP contribution in [0.4, 0.5) is 10.8 Å². The first-order valence-corrected chi connectivity index (χ1v) is 9.03. The first kappa shape index (κ1) is 17.2. The van der Waals surface area contributed by atoms with Gasteiger partial charge in [0.1, 0.15) is 5.69 Å². The van der Waals surface area contributed by atoms with E-state index in [1.165, 1.54) is 11.3 Å². The van der Waals surface area contributed by atoms with Crippen molar-refractivity contribution in [3.8, 4) is 0 Å². The van der Waals surface area contributed by atoms with Gasteiger partial charge in [0.25, 0.3) is 5.91 Å². The quantitative estimate of drug-likeness (QED) is 0.822.